The van der Waals surface area contributed by atoms with Gasteiger partial charge in [-0.15, -0.1) is 11.3 Å². The van der Waals surface area contributed by atoms with E-state index < -0.39 is 21.4 Å². The van der Waals surface area contributed by atoms with Crippen LogP contribution in [0, 0.1) is 0 Å². The Morgan fingerprint density at radius 2 is 2.00 bits per heavy atom. The number of nitrogens with zero attached hydrogens (tertiary/aromatic N) is 3. The minimum atomic E-state index is -3.73. The molecular weight excluding hydrogens is 482 g/mol. The highest BCUT2D eigenvalue weighted by molar-refractivity contribution is 7.94. The lowest BCUT2D eigenvalue weighted by atomic mass is 10.1. The zero-order chi connectivity index (χ0) is 23.2. The summed E-state index contributed by atoms with van der Waals surface area (Å²) < 4.78 is 26.6. The van der Waals surface area contributed by atoms with Crippen molar-refractivity contribution in [1.29, 1.82) is 0 Å². The van der Waals surface area contributed by atoms with E-state index in [0.29, 0.717) is 27.5 Å². The number of aliphatic imine (C=N–C) groups is 1. The number of hydrogen-bond donors (Lipinski definition) is 0. The van der Waals surface area contributed by atoms with Gasteiger partial charge in [-0.3, -0.25) is 19.1 Å². The maximum atomic E-state index is 13.0. The molecule has 0 aliphatic carbocycles. The molecule has 4 heterocycles. The van der Waals surface area contributed by atoms with Gasteiger partial charge in [-0.1, -0.05) is 17.7 Å². The fraction of sp³-hybridized carbons (Fsp3) is 0.130. The molecule has 1 aromatic carbocycles. The summed E-state index contributed by atoms with van der Waals surface area (Å²) in [6.45, 7) is 0. The molecule has 0 N–H and O–H groups in total. The van der Waals surface area contributed by atoms with Gasteiger partial charge in [0.05, 0.1) is 10.0 Å². The number of ketones is 1. The Morgan fingerprint density at radius 3 is 2.73 bits per heavy atom. The van der Waals surface area contributed by atoms with E-state index in [1.54, 1.807) is 18.3 Å². The zero-order valence-corrected chi connectivity index (χ0v) is 19.5. The maximum absolute atomic E-state index is 13.0. The third-order valence-corrected chi connectivity index (χ3v) is 8.80. The quantitative estimate of drug-likeness (QED) is 0.401. The number of hydrogen-bond acceptors (Lipinski definition) is 7. The Bertz CT molecular complexity index is 1600. The third-order valence-electron chi connectivity index (χ3n) is 5.31. The molecule has 166 valence electrons. The summed E-state index contributed by atoms with van der Waals surface area (Å²) in [5.74, 6) is -0.646. The smallest absolute Gasteiger partial charge is 0.264 e. The Labute approximate surface area is 197 Å². The van der Waals surface area contributed by atoms with E-state index in [0.717, 1.165) is 28.0 Å². The second-order valence-electron chi connectivity index (χ2n) is 7.63. The molecule has 0 fully saturated rings. The monoisotopic (exact) mass is 497 g/mol. The van der Waals surface area contributed by atoms with E-state index in [2.05, 4.69) is 9.98 Å². The van der Waals surface area contributed by atoms with E-state index >= 15 is 0 Å². The largest absolute Gasteiger partial charge is 0.298 e. The van der Waals surface area contributed by atoms with Gasteiger partial charge in [0.2, 0.25) is 0 Å². The van der Waals surface area contributed by atoms with E-state index in [9.17, 15) is 18.0 Å². The summed E-state index contributed by atoms with van der Waals surface area (Å²) in [6, 6.07) is 11.8. The first-order valence-electron chi connectivity index (χ1n) is 9.96. The average molecular weight is 498 g/mol. The molecule has 33 heavy (non-hydrogen) atoms. The van der Waals surface area contributed by atoms with Crippen molar-refractivity contribution in [2.45, 2.75) is 17.1 Å². The Morgan fingerprint density at radius 1 is 1.15 bits per heavy atom. The number of rotatable bonds is 6. The Balaban J connectivity index is 1.35. The second kappa shape index (κ2) is 8.33. The first-order valence-corrected chi connectivity index (χ1v) is 12.8. The summed E-state index contributed by atoms with van der Waals surface area (Å²) in [5.41, 5.74) is 2.26. The normalized spacial score (nSPS) is 12.9. The van der Waals surface area contributed by atoms with Crippen LogP contribution in [-0.2, 0) is 27.5 Å². The zero-order valence-electron chi connectivity index (χ0n) is 17.1. The van der Waals surface area contributed by atoms with E-state index in [1.807, 2.05) is 24.4 Å². The Kier molecular flexibility index (Phi) is 5.48. The summed E-state index contributed by atoms with van der Waals surface area (Å²) in [7, 11) is -3.73. The van der Waals surface area contributed by atoms with Crippen LogP contribution >= 0.6 is 22.9 Å². The molecule has 4 aromatic rings. The predicted molar refractivity (Wildman–Crippen MR) is 129 cm³/mol. The molecule has 1 aliphatic rings. The van der Waals surface area contributed by atoms with Gasteiger partial charge in [0, 0.05) is 36.8 Å². The minimum Gasteiger partial charge on any atom is -0.298 e. The molecule has 7 nitrogen and oxygen atoms in total. The summed E-state index contributed by atoms with van der Waals surface area (Å²) in [6.07, 6.45) is 5.58. The van der Waals surface area contributed by atoms with Gasteiger partial charge >= 0.3 is 0 Å². The minimum absolute atomic E-state index is 0.0715. The van der Waals surface area contributed by atoms with Crippen LogP contribution in [0.3, 0.4) is 0 Å². The SMILES string of the molecule is O=C(Cc1ccc(-n2ccc3cc4c(cc3c2=O)CC=N4)nc1)CS(=O)(=O)c1ccc(Cl)s1. The van der Waals surface area contributed by atoms with Gasteiger partial charge in [-0.25, -0.2) is 13.4 Å². The molecule has 10 heteroatoms. The van der Waals surface area contributed by atoms with Crippen molar-refractivity contribution in [3.63, 3.8) is 0 Å². The van der Waals surface area contributed by atoms with Crippen LogP contribution in [0.15, 0.2) is 68.9 Å². The van der Waals surface area contributed by atoms with Gasteiger partial charge < -0.3 is 0 Å². The lowest BCUT2D eigenvalue weighted by molar-refractivity contribution is -0.116. The molecule has 3 aromatic heterocycles. The van der Waals surface area contributed by atoms with Crippen molar-refractivity contribution in [2.24, 2.45) is 4.99 Å². The third kappa shape index (κ3) is 4.27. The molecule has 0 saturated carbocycles. The number of fused-ring (bicyclic) bond motifs is 2. The number of sulfone groups is 1. The van der Waals surface area contributed by atoms with Crippen molar-refractivity contribution in [3.8, 4) is 5.82 Å². The van der Waals surface area contributed by atoms with Gasteiger partial charge in [0.25, 0.3) is 5.56 Å². The molecule has 5 rings (SSSR count). The number of thiophene rings is 1. The first-order chi connectivity index (χ1) is 15.8. The highest BCUT2D eigenvalue weighted by atomic mass is 35.5. The maximum Gasteiger partial charge on any atom is 0.264 e. The summed E-state index contributed by atoms with van der Waals surface area (Å²) in [4.78, 5) is 34.0. The Hall–Kier alpha value is -3.14. The van der Waals surface area contributed by atoms with Crippen LogP contribution in [0.2, 0.25) is 4.34 Å². The molecule has 0 unspecified atom stereocenters. The molecule has 0 saturated heterocycles. The predicted octanol–water partition coefficient (Wildman–Crippen LogP) is 3.94. The van der Waals surface area contributed by atoms with Crippen LogP contribution in [0.1, 0.15) is 11.1 Å². The van der Waals surface area contributed by atoms with Crippen LogP contribution in [0.25, 0.3) is 16.6 Å². The summed E-state index contributed by atoms with van der Waals surface area (Å²) >= 11 is 6.72. The molecule has 0 radical (unpaired) electrons. The fourth-order valence-corrected chi connectivity index (χ4v) is 6.53. The number of carbonyl (C=O) groups is 1. The topological polar surface area (TPSA) is 98.5 Å². The molecule has 0 atom stereocenters. The highest BCUT2D eigenvalue weighted by Crippen LogP contribution is 2.28. The number of aromatic nitrogens is 2. The van der Waals surface area contributed by atoms with Crippen molar-refractivity contribution in [1.82, 2.24) is 9.55 Å². The van der Waals surface area contributed by atoms with Crippen molar-refractivity contribution < 1.29 is 13.2 Å². The van der Waals surface area contributed by atoms with Crippen LogP contribution in [-0.4, -0.2) is 35.7 Å². The average Bonchev–Trinajstić information content (AvgIpc) is 3.42. The van der Waals surface area contributed by atoms with Crippen LogP contribution in [0.5, 0.6) is 0 Å². The van der Waals surface area contributed by atoms with Gasteiger partial charge in [0.1, 0.15) is 15.8 Å². The van der Waals surface area contributed by atoms with Gasteiger partial charge in [0.15, 0.2) is 15.6 Å². The number of Topliss-reactive ketones (excluding diaryl/α,β-unsaturated/α-hetero) is 1. The molecule has 1 aliphatic heterocycles. The molecule has 0 amide bonds. The number of pyridine rings is 2. The molecule has 0 spiro atoms. The lowest BCUT2D eigenvalue weighted by Crippen LogP contribution is -2.19. The first kappa shape index (κ1) is 21.7. The highest BCUT2D eigenvalue weighted by Gasteiger charge is 2.21. The van der Waals surface area contributed by atoms with Gasteiger partial charge in [-0.2, -0.15) is 0 Å². The standard InChI is InChI=1S/C23H16ClN3O4S2/c24-20-2-4-22(32-20)33(30,31)13-17(28)9-14-1-3-21(26-12-14)27-8-6-15-11-19-16(5-7-25-19)10-18(15)23(27)29/h1-4,6-8,10-12H,5,9,13H2. The number of halogens is 1. The second-order valence-corrected chi connectivity index (χ2v) is 11.6. The summed E-state index contributed by atoms with van der Waals surface area (Å²) in [5, 5.41) is 1.39. The molecular formula is C23H16ClN3O4S2. The van der Waals surface area contributed by atoms with Crippen LogP contribution < -0.4 is 5.56 Å². The molecule has 0 bridgehead atoms. The van der Waals surface area contributed by atoms with Crippen molar-refractivity contribution in [3.05, 3.63) is 80.7 Å². The number of carbonyl (C=O) groups excluding carboxylic acids is 1. The lowest BCUT2D eigenvalue weighted by Gasteiger charge is -2.09. The van der Waals surface area contributed by atoms with E-state index in [-0.39, 0.29) is 16.2 Å². The van der Waals surface area contributed by atoms with Crippen LogP contribution in [0.4, 0.5) is 5.69 Å². The fourth-order valence-electron chi connectivity index (χ4n) is 3.72. The van der Waals surface area contributed by atoms with Gasteiger partial charge in [-0.05, 0) is 52.9 Å². The van der Waals surface area contributed by atoms with Crippen molar-refractivity contribution >= 4 is 61.2 Å². The van der Waals surface area contributed by atoms with E-state index in [4.69, 9.17) is 11.6 Å². The van der Waals surface area contributed by atoms with Crippen molar-refractivity contribution in [2.75, 3.05) is 5.75 Å². The van der Waals surface area contributed by atoms with E-state index in [1.165, 1.54) is 22.9 Å². The number of benzene rings is 1.